The Morgan fingerprint density at radius 2 is 1.71 bits per heavy atom. The van der Waals surface area contributed by atoms with Gasteiger partial charge in [0.1, 0.15) is 0 Å². The highest BCUT2D eigenvalue weighted by atomic mass is 16.5. The summed E-state index contributed by atoms with van der Waals surface area (Å²) < 4.78 is 5.28. The third-order valence-electron chi connectivity index (χ3n) is 10.4. The Morgan fingerprint density at radius 3 is 2.43 bits per heavy atom. The Kier molecular flexibility index (Phi) is 4.26. The summed E-state index contributed by atoms with van der Waals surface area (Å²) in [5, 5.41) is 32.8. The first-order valence-corrected chi connectivity index (χ1v) is 11.4. The molecule has 4 aliphatic carbocycles. The van der Waals surface area contributed by atoms with Crippen molar-refractivity contribution < 1.29 is 24.9 Å². The van der Waals surface area contributed by atoms with Crippen LogP contribution in [0.5, 0.6) is 0 Å². The Morgan fingerprint density at radius 1 is 0.964 bits per heavy atom. The van der Waals surface area contributed by atoms with Crippen LogP contribution < -0.4 is 0 Å². The lowest BCUT2D eigenvalue weighted by Gasteiger charge is -2.64. The Bertz CT molecular complexity index is 665. The summed E-state index contributed by atoms with van der Waals surface area (Å²) in [6.45, 7) is 5.11. The lowest BCUT2D eigenvalue weighted by molar-refractivity contribution is -0.222. The quantitative estimate of drug-likeness (QED) is 0.597. The van der Waals surface area contributed by atoms with E-state index in [0.29, 0.717) is 43.6 Å². The van der Waals surface area contributed by atoms with E-state index in [1.165, 1.54) is 0 Å². The van der Waals surface area contributed by atoms with Gasteiger partial charge in [-0.05, 0) is 85.9 Å². The maximum absolute atomic E-state index is 12.1. The summed E-state index contributed by atoms with van der Waals surface area (Å²) in [5.41, 5.74) is -0.826. The number of carbonyl (C=O) groups excluding carboxylic acids is 1. The largest absolute Gasteiger partial charge is 0.465 e. The van der Waals surface area contributed by atoms with Crippen LogP contribution in [0.4, 0.5) is 0 Å². The minimum Gasteiger partial charge on any atom is -0.465 e. The van der Waals surface area contributed by atoms with E-state index in [4.69, 9.17) is 4.74 Å². The number of carbonyl (C=O) groups is 1. The molecule has 28 heavy (non-hydrogen) atoms. The van der Waals surface area contributed by atoms with Crippen LogP contribution in [0.1, 0.15) is 71.6 Å². The fourth-order valence-electron chi connectivity index (χ4n) is 8.83. The van der Waals surface area contributed by atoms with Crippen LogP contribution in [0.15, 0.2) is 0 Å². The minimum absolute atomic E-state index is 0.00312. The fourth-order valence-corrected chi connectivity index (χ4v) is 8.83. The molecular formula is C23H36O5. The highest BCUT2D eigenvalue weighted by molar-refractivity contribution is 5.71. The molecule has 4 saturated carbocycles. The molecule has 10 atom stereocenters. The third kappa shape index (κ3) is 2.39. The highest BCUT2D eigenvalue weighted by Gasteiger charge is 2.68. The summed E-state index contributed by atoms with van der Waals surface area (Å²) in [4.78, 5) is 11.7. The number of hydrogen-bond acceptors (Lipinski definition) is 5. The zero-order chi connectivity index (χ0) is 19.9. The molecule has 0 aromatic carbocycles. The predicted molar refractivity (Wildman–Crippen MR) is 103 cm³/mol. The van der Waals surface area contributed by atoms with Crippen LogP contribution in [0.25, 0.3) is 0 Å². The molecule has 5 aliphatic rings. The van der Waals surface area contributed by atoms with Crippen LogP contribution in [0.3, 0.4) is 0 Å². The molecule has 0 bridgehead atoms. The number of aliphatic hydroxyl groups is 3. The predicted octanol–water partition coefficient (Wildman–Crippen LogP) is 2.66. The topological polar surface area (TPSA) is 87.0 Å². The van der Waals surface area contributed by atoms with Crippen LogP contribution in [0, 0.1) is 40.4 Å². The van der Waals surface area contributed by atoms with Crippen molar-refractivity contribution in [3.05, 3.63) is 0 Å². The molecule has 0 amide bonds. The van der Waals surface area contributed by atoms with Gasteiger partial charge < -0.3 is 20.1 Å². The van der Waals surface area contributed by atoms with E-state index < -0.39 is 17.8 Å². The molecule has 1 heterocycles. The van der Waals surface area contributed by atoms with Crippen molar-refractivity contribution in [2.24, 2.45) is 40.4 Å². The van der Waals surface area contributed by atoms with Crippen molar-refractivity contribution in [1.29, 1.82) is 0 Å². The lowest BCUT2D eigenvalue weighted by atomic mass is 9.43. The van der Waals surface area contributed by atoms with Gasteiger partial charge in [-0.1, -0.05) is 13.8 Å². The van der Waals surface area contributed by atoms with Gasteiger partial charge in [0.2, 0.25) is 0 Å². The number of ether oxygens (including phenoxy) is 1. The van der Waals surface area contributed by atoms with Crippen molar-refractivity contribution in [2.75, 3.05) is 6.61 Å². The van der Waals surface area contributed by atoms with Gasteiger partial charge in [-0.25, -0.2) is 0 Å². The van der Waals surface area contributed by atoms with E-state index >= 15 is 0 Å². The summed E-state index contributed by atoms with van der Waals surface area (Å²) in [5.74, 6) is 1.64. The number of esters is 1. The lowest BCUT2D eigenvalue weighted by Crippen LogP contribution is -2.63. The molecule has 3 N–H and O–H groups in total. The van der Waals surface area contributed by atoms with Gasteiger partial charge in [0, 0.05) is 5.92 Å². The fraction of sp³-hybridized carbons (Fsp3) is 0.957. The van der Waals surface area contributed by atoms with Gasteiger partial charge in [0.15, 0.2) is 0 Å². The van der Waals surface area contributed by atoms with Crippen molar-refractivity contribution in [3.63, 3.8) is 0 Å². The van der Waals surface area contributed by atoms with Gasteiger partial charge in [-0.2, -0.15) is 0 Å². The second-order valence-electron chi connectivity index (χ2n) is 11.2. The van der Waals surface area contributed by atoms with Crippen LogP contribution in [-0.4, -0.2) is 45.7 Å². The van der Waals surface area contributed by atoms with E-state index in [2.05, 4.69) is 13.8 Å². The van der Waals surface area contributed by atoms with E-state index in [1.54, 1.807) is 0 Å². The second-order valence-corrected chi connectivity index (χ2v) is 11.2. The molecule has 0 radical (unpaired) electrons. The molecule has 158 valence electrons. The first kappa shape index (κ1) is 19.3. The monoisotopic (exact) mass is 392 g/mol. The van der Waals surface area contributed by atoms with Crippen molar-refractivity contribution in [2.45, 2.75) is 89.4 Å². The van der Waals surface area contributed by atoms with E-state index in [0.717, 1.165) is 38.5 Å². The number of aliphatic hydroxyl groups excluding tert-OH is 2. The molecule has 0 spiro atoms. The molecule has 3 unspecified atom stereocenters. The zero-order valence-electron chi connectivity index (χ0n) is 17.3. The highest BCUT2D eigenvalue weighted by Crippen LogP contribution is 2.70. The first-order chi connectivity index (χ1) is 13.2. The van der Waals surface area contributed by atoms with Gasteiger partial charge in [-0.15, -0.1) is 0 Å². The van der Waals surface area contributed by atoms with Gasteiger partial charge in [0.05, 0.1) is 30.8 Å². The van der Waals surface area contributed by atoms with Crippen LogP contribution in [-0.2, 0) is 9.53 Å². The molecule has 5 rings (SSSR count). The molecule has 5 heteroatoms. The van der Waals surface area contributed by atoms with Crippen LogP contribution in [0.2, 0.25) is 0 Å². The number of cyclic esters (lactones) is 1. The normalized spacial score (nSPS) is 58.6. The van der Waals surface area contributed by atoms with E-state index in [1.807, 2.05) is 0 Å². The van der Waals surface area contributed by atoms with E-state index in [-0.39, 0.29) is 28.6 Å². The molecular weight excluding hydrogens is 356 g/mol. The smallest absolute Gasteiger partial charge is 0.306 e. The van der Waals surface area contributed by atoms with Crippen molar-refractivity contribution in [1.82, 2.24) is 0 Å². The summed E-state index contributed by atoms with van der Waals surface area (Å²) in [7, 11) is 0. The number of rotatable bonds is 1. The summed E-state index contributed by atoms with van der Waals surface area (Å²) in [6, 6.07) is 0. The maximum Gasteiger partial charge on any atom is 0.306 e. The van der Waals surface area contributed by atoms with Crippen molar-refractivity contribution >= 4 is 5.97 Å². The average molecular weight is 393 g/mol. The second kappa shape index (κ2) is 6.18. The molecule has 1 saturated heterocycles. The molecule has 5 fully saturated rings. The first-order valence-electron chi connectivity index (χ1n) is 11.4. The van der Waals surface area contributed by atoms with Crippen molar-refractivity contribution in [3.8, 4) is 0 Å². The van der Waals surface area contributed by atoms with E-state index in [9.17, 15) is 20.1 Å². The van der Waals surface area contributed by atoms with Crippen LogP contribution >= 0.6 is 0 Å². The van der Waals surface area contributed by atoms with Gasteiger partial charge in [0.25, 0.3) is 0 Å². The minimum atomic E-state index is -0.679. The third-order valence-corrected chi connectivity index (χ3v) is 10.4. The average Bonchev–Trinajstić information content (AvgIpc) is 3.17. The number of fused-ring (bicyclic) bond motifs is 5. The number of hydrogen-bond donors (Lipinski definition) is 3. The Hall–Kier alpha value is -0.650. The molecule has 0 aromatic rings. The molecule has 0 aromatic heterocycles. The SMILES string of the molecule is C[C@]12CC(O)C(O)CC1CC[C@@H]1[C@@H]2CC[C@]2(C)[C@@H]([C@@H]3COC(=O)C3)CC[C@]12O. The summed E-state index contributed by atoms with van der Waals surface area (Å²) in [6.07, 6.45) is 6.56. The Balaban J connectivity index is 1.44. The van der Waals surface area contributed by atoms with Gasteiger partial charge in [-0.3, -0.25) is 4.79 Å². The Labute approximate surface area is 167 Å². The molecule has 5 nitrogen and oxygen atoms in total. The standard InChI is InChI=1S/C23H36O5/c1-21-11-19(25)18(24)10-14(21)3-4-17-16(21)5-7-22(2)15(6-8-23(17,22)27)13-9-20(26)28-12-13/h13-19,24-25,27H,3-12H2,1-2H3/t13-,14?,15+,16-,17+,18?,19?,21-,22+,23-/m0/s1. The zero-order valence-corrected chi connectivity index (χ0v) is 17.3. The maximum atomic E-state index is 12.1. The van der Waals surface area contributed by atoms with Gasteiger partial charge >= 0.3 is 5.97 Å². The summed E-state index contributed by atoms with van der Waals surface area (Å²) >= 11 is 0. The molecule has 1 aliphatic heterocycles.